The minimum absolute atomic E-state index is 0.498. The first-order chi connectivity index (χ1) is 10.1. The number of hydrogen-bond acceptors (Lipinski definition) is 3. The first-order valence-electron chi connectivity index (χ1n) is 5.93. The number of H-pyrrole nitrogens is 1. The molecule has 0 aliphatic heterocycles. The van der Waals surface area contributed by atoms with Gasteiger partial charge in [0, 0.05) is 10.5 Å². The molecule has 1 N–H and O–H groups in total. The number of halogens is 3. The summed E-state index contributed by atoms with van der Waals surface area (Å²) in [4.78, 5) is 7.62. The summed E-state index contributed by atoms with van der Waals surface area (Å²) in [6, 6.07) is 9.00. The summed E-state index contributed by atoms with van der Waals surface area (Å²) in [7, 11) is 0. The lowest BCUT2D eigenvalue weighted by molar-refractivity contribution is 0.484. The van der Waals surface area contributed by atoms with E-state index in [1.807, 2.05) is 12.3 Å². The van der Waals surface area contributed by atoms with E-state index in [0.29, 0.717) is 21.5 Å². The van der Waals surface area contributed by atoms with Gasteiger partial charge in [-0.25, -0.2) is 4.98 Å². The topological polar surface area (TPSA) is 37.9 Å². The molecule has 3 rings (SSSR count). The van der Waals surface area contributed by atoms with E-state index in [4.69, 9.17) is 27.9 Å². The van der Waals surface area contributed by atoms with Gasteiger partial charge in [0.25, 0.3) is 0 Å². The van der Waals surface area contributed by atoms with Crippen molar-refractivity contribution in [3.05, 3.63) is 44.8 Å². The first kappa shape index (κ1) is 15.0. The van der Waals surface area contributed by atoms with Gasteiger partial charge in [-0.3, -0.25) is 0 Å². The van der Waals surface area contributed by atoms with Crippen LogP contribution in [-0.2, 0) is 0 Å². The van der Waals surface area contributed by atoms with Gasteiger partial charge in [-0.1, -0.05) is 50.9 Å². The zero-order chi connectivity index (χ0) is 15.0. The maximum Gasteiger partial charge on any atom is 0.166 e. The fourth-order valence-electron chi connectivity index (χ4n) is 1.84. The van der Waals surface area contributed by atoms with Crippen LogP contribution in [0.1, 0.15) is 0 Å². The Morgan fingerprint density at radius 1 is 1.14 bits per heavy atom. The number of imidazole rings is 1. The zero-order valence-electron chi connectivity index (χ0n) is 10.8. The monoisotopic (exact) mass is 402 g/mol. The number of aromatic amines is 1. The fraction of sp³-hybridized carbons (Fsp3) is 0.0714. The molecule has 2 aromatic carbocycles. The highest BCUT2D eigenvalue weighted by atomic mass is 79.9. The average Bonchev–Trinajstić information content (AvgIpc) is 2.84. The minimum Gasteiger partial charge on any atom is -0.454 e. The van der Waals surface area contributed by atoms with E-state index in [2.05, 4.69) is 25.9 Å². The van der Waals surface area contributed by atoms with Crippen molar-refractivity contribution in [1.29, 1.82) is 0 Å². The first-order valence-corrected chi connectivity index (χ1v) is 8.70. The highest BCUT2D eigenvalue weighted by Crippen LogP contribution is 2.37. The molecule has 21 heavy (non-hydrogen) atoms. The fourth-order valence-corrected chi connectivity index (χ4v) is 3.16. The van der Waals surface area contributed by atoms with E-state index in [0.717, 1.165) is 20.7 Å². The van der Waals surface area contributed by atoms with Crippen molar-refractivity contribution in [2.45, 2.75) is 5.16 Å². The van der Waals surface area contributed by atoms with Gasteiger partial charge in [-0.15, -0.1) is 0 Å². The van der Waals surface area contributed by atoms with Crippen LogP contribution in [0.25, 0.3) is 11.0 Å². The number of nitrogens with zero attached hydrogens (tertiary/aromatic N) is 1. The van der Waals surface area contributed by atoms with Gasteiger partial charge in [-0.2, -0.15) is 0 Å². The summed E-state index contributed by atoms with van der Waals surface area (Å²) in [6.07, 6.45) is 1.96. The molecule has 1 heterocycles. The van der Waals surface area contributed by atoms with Gasteiger partial charge in [-0.05, 0) is 30.5 Å². The largest absolute Gasteiger partial charge is 0.454 e. The zero-order valence-corrected chi connectivity index (χ0v) is 14.7. The quantitative estimate of drug-likeness (QED) is 0.533. The van der Waals surface area contributed by atoms with Crippen LogP contribution >= 0.6 is 50.9 Å². The Hall–Kier alpha value is -0.880. The van der Waals surface area contributed by atoms with Gasteiger partial charge >= 0.3 is 0 Å². The van der Waals surface area contributed by atoms with Crippen LogP contribution in [0.2, 0.25) is 10.0 Å². The molecule has 0 spiro atoms. The Morgan fingerprint density at radius 2 is 1.90 bits per heavy atom. The highest BCUT2D eigenvalue weighted by molar-refractivity contribution is 9.10. The SMILES string of the molecule is CSc1nc2cc(Oc3ccc(Br)cc3Cl)c(Cl)cc2[nH]1. The summed E-state index contributed by atoms with van der Waals surface area (Å²) < 4.78 is 6.69. The lowest BCUT2D eigenvalue weighted by atomic mass is 10.3. The lowest BCUT2D eigenvalue weighted by Gasteiger charge is -2.09. The van der Waals surface area contributed by atoms with Crippen LogP contribution in [-0.4, -0.2) is 16.2 Å². The van der Waals surface area contributed by atoms with Crippen molar-refractivity contribution in [3.8, 4) is 11.5 Å². The normalized spacial score (nSPS) is 11.0. The molecule has 108 valence electrons. The molecular weight excluding hydrogens is 395 g/mol. The standard InChI is InChI=1S/C14H9BrCl2N2OS/c1-21-14-18-10-5-9(17)13(6-11(10)19-14)20-12-3-2-7(15)4-8(12)16/h2-6H,1H3,(H,18,19). The smallest absolute Gasteiger partial charge is 0.166 e. The number of rotatable bonds is 3. The molecule has 0 amide bonds. The van der Waals surface area contributed by atoms with E-state index in [1.165, 1.54) is 11.8 Å². The molecule has 0 aliphatic carbocycles. The molecule has 0 aliphatic rings. The van der Waals surface area contributed by atoms with E-state index < -0.39 is 0 Å². The summed E-state index contributed by atoms with van der Waals surface area (Å²) >= 11 is 17.3. The van der Waals surface area contributed by atoms with Crippen molar-refractivity contribution >= 4 is 61.9 Å². The number of aromatic nitrogens is 2. The maximum absolute atomic E-state index is 6.26. The molecule has 0 bridgehead atoms. The molecule has 0 saturated heterocycles. The summed E-state index contributed by atoms with van der Waals surface area (Å²) in [5.41, 5.74) is 1.67. The van der Waals surface area contributed by atoms with E-state index in [-0.39, 0.29) is 0 Å². The Bertz CT molecular complexity index is 822. The van der Waals surface area contributed by atoms with Crippen molar-refractivity contribution < 1.29 is 4.74 Å². The van der Waals surface area contributed by atoms with E-state index >= 15 is 0 Å². The van der Waals surface area contributed by atoms with Crippen molar-refractivity contribution in [2.24, 2.45) is 0 Å². The second-order valence-electron chi connectivity index (χ2n) is 4.22. The average molecular weight is 404 g/mol. The van der Waals surface area contributed by atoms with Crippen LogP contribution in [0, 0.1) is 0 Å². The van der Waals surface area contributed by atoms with Gasteiger partial charge in [0.05, 0.1) is 21.1 Å². The van der Waals surface area contributed by atoms with Crippen molar-refractivity contribution in [2.75, 3.05) is 6.26 Å². The van der Waals surface area contributed by atoms with Gasteiger partial charge in [0.2, 0.25) is 0 Å². The van der Waals surface area contributed by atoms with Gasteiger partial charge in [0.1, 0.15) is 11.5 Å². The number of benzene rings is 2. The number of nitrogens with one attached hydrogen (secondary N) is 1. The highest BCUT2D eigenvalue weighted by Gasteiger charge is 2.11. The van der Waals surface area contributed by atoms with Crippen LogP contribution in [0.4, 0.5) is 0 Å². The molecule has 0 saturated carbocycles. The third kappa shape index (κ3) is 3.16. The van der Waals surface area contributed by atoms with Crippen LogP contribution in [0.5, 0.6) is 11.5 Å². The third-order valence-electron chi connectivity index (χ3n) is 2.82. The molecule has 0 fully saturated rings. The Balaban J connectivity index is 2.01. The predicted molar refractivity (Wildman–Crippen MR) is 92.1 cm³/mol. The predicted octanol–water partition coefficient (Wildman–Crippen LogP) is 6.15. The summed E-state index contributed by atoms with van der Waals surface area (Å²) in [5.74, 6) is 1.06. The van der Waals surface area contributed by atoms with Gasteiger partial charge < -0.3 is 9.72 Å². The third-order valence-corrected chi connectivity index (χ3v) is 4.49. The Morgan fingerprint density at radius 3 is 2.62 bits per heavy atom. The molecule has 3 nitrogen and oxygen atoms in total. The second-order valence-corrected chi connectivity index (χ2v) is 6.75. The van der Waals surface area contributed by atoms with Crippen LogP contribution in [0.15, 0.2) is 40.0 Å². The van der Waals surface area contributed by atoms with Crippen molar-refractivity contribution in [3.63, 3.8) is 0 Å². The summed E-state index contributed by atoms with van der Waals surface area (Å²) in [5, 5.41) is 1.84. The molecule has 1 aromatic heterocycles. The van der Waals surface area contributed by atoms with Crippen LogP contribution in [0.3, 0.4) is 0 Å². The minimum atomic E-state index is 0.498. The molecule has 0 radical (unpaired) electrons. The molecule has 3 aromatic rings. The van der Waals surface area contributed by atoms with Crippen LogP contribution < -0.4 is 4.74 Å². The Labute approximate surface area is 144 Å². The number of ether oxygens (including phenoxy) is 1. The Kier molecular flexibility index (Phi) is 4.36. The number of fused-ring (bicyclic) bond motifs is 1. The molecule has 7 heteroatoms. The molecular formula is C14H9BrCl2N2OS. The van der Waals surface area contributed by atoms with Crippen molar-refractivity contribution in [1.82, 2.24) is 9.97 Å². The maximum atomic E-state index is 6.26. The number of hydrogen-bond donors (Lipinski definition) is 1. The molecule has 0 unspecified atom stereocenters. The van der Waals surface area contributed by atoms with E-state index in [9.17, 15) is 0 Å². The van der Waals surface area contributed by atoms with Gasteiger partial charge in [0.15, 0.2) is 5.16 Å². The van der Waals surface area contributed by atoms with E-state index in [1.54, 1.807) is 24.3 Å². The lowest BCUT2D eigenvalue weighted by Crippen LogP contribution is -1.87. The second kappa shape index (κ2) is 6.08. The molecule has 0 atom stereocenters. The summed E-state index contributed by atoms with van der Waals surface area (Å²) in [6.45, 7) is 0. The number of thioether (sulfide) groups is 1.